The van der Waals surface area contributed by atoms with Crippen LogP contribution < -0.4 is 5.32 Å². The van der Waals surface area contributed by atoms with Gasteiger partial charge in [-0.25, -0.2) is 0 Å². The number of carbonyl (C=O) groups is 2. The summed E-state index contributed by atoms with van der Waals surface area (Å²) in [6.45, 7) is 1.35. The Balaban J connectivity index is 1.40. The van der Waals surface area contributed by atoms with E-state index >= 15 is 0 Å². The molecule has 0 fully saturated rings. The second-order valence-electron chi connectivity index (χ2n) is 8.24. The van der Waals surface area contributed by atoms with Crippen LogP contribution in [0.1, 0.15) is 34.5 Å². The Kier molecular flexibility index (Phi) is 8.00. The van der Waals surface area contributed by atoms with Crippen LogP contribution in [0, 0.1) is 0 Å². The van der Waals surface area contributed by atoms with Crippen LogP contribution in [0.25, 0.3) is 11.3 Å². The third-order valence-electron chi connectivity index (χ3n) is 5.61. The van der Waals surface area contributed by atoms with E-state index in [2.05, 4.69) is 5.32 Å². The maximum Gasteiger partial charge on any atom is 0.286 e. The van der Waals surface area contributed by atoms with Crippen LogP contribution in [0.15, 0.2) is 83.6 Å². The Bertz CT molecular complexity index is 1270. The van der Waals surface area contributed by atoms with Gasteiger partial charge in [0.2, 0.25) is 5.91 Å². The molecule has 0 saturated heterocycles. The van der Waals surface area contributed by atoms with E-state index in [0.717, 1.165) is 22.4 Å². The summed E-state index contributed by atoms with van der Waals surface area (Å²) in [5.74, 6) is -0.0277. The zero-order valence-electron chi connectivity index (χ0n) is 19.5. The average molecular weight is 491 g/mol. The van der Waals surface area contributed by atoms with Crippen molar-refractivity contribution in [3.63, 3.8) is 0 Å². The number of hydrogen-bond acceptors (Lipinski definition) is 4. The summed E-state index contributed by atoms with van der Waals surface area (Å²) >= 11 is 6.35. The van der Waals surface area contributed by atoms with Crippen molar-refractivity contribution in [1.82, 2.24) is 20.0 Å². The first-order valence-electron chi connectivity index (χ1n) is 11.4. The minimum Gasteiger partial charge on any atom is -0.459 e. The first-order valence-corrected chi connectivity index (χ1v) is 11.8. The molecule has 2 amide bonds. The van der Waals surface area contributed by atoms with Gasteiger partial charge in [-0.05, 0) is 30.2 Å². The number of amides is 2. The molecule has 0 atom stereocenters. The molecule has 35 heavy (non-hydrogen) atoms. The van der Waals surface area contributed by atoms with E-state index in [1.165, 1.54) is 6.26 Å². The molecular formula is C27H27ClN4O3. The summed E-state index contributed by atoms with van der Waals surface area (Å²) in [4.78, 5) is 26.4. The third kappa shape index (κ3) is 6.39. The van der Waals surface area contributed by atoms with Crippen molar-refractivity contribution >= 4 is 23.4 Å². The molecule has 2 heterocycles. The van der Waals surface area contributed by atoms with Crippen molar-refractivity contribution in [1.29, 1.82) is 0 Å². The zero-order chi connectivity index (χ0) is 24.6. The number of hydrogen-bond donors (Lipinski definition) is 1. The van der Waals surface area contributed by atoms with Gasteiger partial charge in [0.1, 0.15) is 0 Å². The Morgan fingerprint density at radius 2 is 1.80 bits per heavy atom. The van der Waals surface area contributed by atoms with Gasteiger partial charge in [-0.1, -0.05) is 60.1 Å². The zero-order valence-corrected chi connectivity index (χ0v) is 20.2. The minimum absolute atomic E-state index is 0.00452. The monoisotopic (exact) mass is 490 g/mol. The molecule has 8 heteroatoms. The second-order valence-corrected chi connectivity index (χ2v) is 8.65. The van der Waals surface area contributed by atoms with Gasteiger partial charge in [0.05, 0.1) is 18.5 Å². The molecular weight excluding hydrogens is 464 g/mol. The number of rotatable bonds is 10. The standard InChI is InChI=1S/C27H27ClN4O3/c1-31(25(33)14-7-15-29-27(34)24-13-8-16-35-24)17-22-19-32(18-21-11-5-6-12-23(21)28)30-26(22)20-9-3-2-4-10-20/h2-6,8-13,16,19H,7,14-15,17-18H2,1H3,(H,29,34). The summed E-state index contributed by atoms with van der Waals surface area (Å²) in [6.07, 6.45) is 4.28. The van der Waals surface area contributed by atoms with Crippen LogP contribution in [-0.4, -0.2) is 40.1 Å². The molecule has 0 spiro atoms. The fourth-order valence-corrected chi connectivity index (χ4v) is 3.97. The van der Waals surface area contributed by atoms with Gasteiger partial charge in [-0.15, -0.1) is 0 Å². The van der Waals surface area contributed by atoms with E-state index in [9.17, 15) is 9.59 Å². The maximum absolute atomic E-state index is 12.8. The maximum atomic E-state index is 12.8. The van der Waals surface area contributed by atoms with Crippen LogP contribution in [0.2, 0.25) is 5.02 Å². The van der Waals surface area contributed by atoms with Gasteiger partial charge in [0.25, 0.3) is 5.91 Å². The molecule has 0 aliphatic rings. The minimum atomic E-state index is -0.283. The molecule has 0 bridgehead atoms. The van der Waals surface area contributed by atoms with Crippen molar-refractivity contribution < 1.29 is 14.0 Å². The number of furan rings is 1. The van der Waals surface area contributed by atoms with Gasteiger partial charge >= 0.3 is 0 Å². The molecule has 4 rings (SSSR count). The van der Waals surface area contributed by atoms with E-state index in [1.807, 2.05) is 65.5 Å². The van der Waals surface area contributed by atoms with Crippen molar-refractivity contribution in [3.8, 4) is 11.3 Å². The molecule has 4 aromatic rings. The Hall–Kier alpha value is -3.84. The first-order chi connectivity index (χ1) is 17.0. The van der Waals surface area contributed by atoms with Gasteiger partial charge in [0, 0.05) is 48.9 Å². The number of nitrogens with zero attached hydrogens (tertiary/aromatic N) is 3. The van der Waals surface area contributed by atoms with Gasteiger partial charge in [-0.3, -0.25) is 14.3 Å². The Labute approximate surface area is 209 Å². The van der Waals surface area contributed by atoms with Crippen LogP contribution >= 0.6 is 11.6 Å². The van der Waals surface area contributed by atoms with Crippen LogP contribution in [-0.2, 0) is 17.9 Å². The Morgan fingerprint density at radius 1 is 1.03 bits per heavy atom. The molecule has 1 N–H and O–H groups in total. The van der Waals surface area contributed by atoms with Crippen LogP contribution in [0.4, 0.5) is 0 Å². The quantitative estimate of drug-likeness (QED) is 0.317. The highest BCUT2D eigenvalue weighted by Gasteiger charge is 2.17. The lowest BCUT2D eigenvalue weighted by molar-refractivity contribution is -0.130. The normalized spacial score (nSPS) is 10.8. The predicted molar refractivity (Wildman–Crippen MR) is 135 cm³/mol. The highest BCUT2D eigenvalue weighted by Crippen LogP contribution is 2.24. The number of benzene rings is 2. The molecule has 0 aliphatic carbocycles. The van der Waals surface area contributed by atoms with Gasteiger partial charge in [0.15, 0.2) is 5.76 Å². The van der Waals surface area contributed by atoms with Crippen molar-refractivity contribution in [2.75, 3.05) is 13.6 Å². The molecule has 0 aliphatic heterocycles. The van der Waals surface area contributed by atoms with Crippen molar-refractivity contribution in [2.24, 2.45) is 0 Å². The fraction of sp³-hybridized carbons (Fsp3) is 0.222. The molecule has 0 saturated carbocycles. The van der Waals surface area contributed by atoms with Crippen LogP contribution in [0.3, 0.4) is 0 Å². The number of aromatic nitrogens is 2. The van der Waals surface area contributed by atoms with Gasteiger partial charge in [-0.2, -0.15) is 5.10 Å². The summed E-state index contributed by atoms with van der Waals surface area (Å²) in [5.41, 5.74) is 3.75. The van der Waals surface area contributed by atoms with Gasteiger partial charge < -0.3 is 14.6 Å². The average Bonchev–Trinajstić information content (AvgIpc) is 3.54. The lowest BCUT2D eigenvalue weighted by Gasteiger charge is -2.17. The lowest BCUT2D eigenvalue weighted by atomic mass is 10.1. The molecule has 7 nitrogen and oxygen atoms in total. The van der Waals surface area contributed by atoms with Crippen molar-refractivity contribution in [2.45, 2.75) is 25.9 Å². The summed E-state index contributed by atoms with van der Waals surface area (Å²) < 4.78 is 6.93. The van der Waals surface area contributed by atoms with E-state index in [1.54, 1.807) is 24.1 Å². The molecule has 0 radical (unpaired) electrons. The van der Waals surface area contributed by atoms with E-state index < -0.39 is 0 Å². The second kappa shape index (κ2) is 11.5. The molecule has 180 valence electrons. The highest BCUT2D eigenvalue weighted by atomic mass is 35.5. The number of nitrogens with one attached hydrogen (secondary N) is 1. The molecule has 2 aromatic carbocycles. The van der Waals surface area contributed by atoms with E-state index in [0.29, 0.717) is 37.5 Å². The summed E-state index contributed by atoms with van der Waals surface area (Å²) in [7, 11) is 1.78. The Morgan fingerprint density at radius 3 is 2.54 bits per heavy atom. The predicted octanol–water partition coefficient (Wildman–Crippen LogP) is 5.01. The lowest BCUT2D eigenvalue weighted by Crippen LogP contribution is -2.28. The number of carbonyl (C=O) groups excluding carboxylic acids is 2. The third-order valence-corrected chi connectivity index (χ3v) is 5.97. The largest absolute Gasteiger partial charge is 0.459 e. The van der Waals surface area contributed by atoms with Crippen molar-refractivity contribution in [3.05, 3.63) is 101 Å². The summed E-state index contributed by atoms with van der Waals surface area (Å²) in [5, 5.41) is 8.27. The smallest absolute Gasteiger partial charge is 0.286 e. The number of halogens is 1. The van der Waals surface area contributed by atoms with E-state index in [-0.39, 0.29) is 17.6 Å². The SMILES string of the molecule is CN(Cc1cn(Cc2ccccc2Cl)nc1-c1ccccc1)C(=O)CCCNC(=O)c1ccco1. The topological polar surface area (TPSA) is 80.4 Å². The fourth-order valence-electron chi connectivity index (χ4n) is 3.77. The van der Waals surface area contributed by atoms with E-state index in [4.69, 9.17) is 21.1 Å². The highest BCUT2D eigenvalue weighted by molar-refractivity contribution is 6.31. The summed E-state index contributed by atoms with van der Waals surface area (Å²) in [6, 6.07) is 20.9. The molecule has 0 unspecified atom stereocenters. The molecule has 2 aromatic heterocycles. The van der Waals surface area contributed by atoms with Crippen LogP contribution in [0.5, 0.6) is 0 Å². The first kappa shape index (κ1) is 24.3.